The Kier molecular flexibility index (Phi) is 4.02. The van der Waals surface area contributed by atoms with Gasteiger partial charge in [-0.1, -0.05) is 19.8 Å². The largest absolute Gasteiger partial charge is 0.353 e. The van der Waals surface area contributed by atoms with Crippen LogP contribution in [-0.2, 0) is 10.3 Å². The molecule has 0 bridgehead atoms. The van der Waals surface area contributed by atoms with Crippen molar-refractivity contribution >= 4 is 5.91 Å². The molecule has 0 aromatic carbocycles. The van der Waals surface area contributed by atoms with E-state index in [9.17, 15) is 4.79 Å². The molecular weight excluding hydrogens is 264 g/mol. The Morgan fingerprint density at radius 1 is 1.29 bits per heavy atom. The molecule has 2 heterocycles. The Hall–Kier alpha value is -1.36. The fourth-order valence-electron chi connectivity index (χ4n) is 3.79. The van der Waals surface area contributed by atoms with E-state index in [1.54, 1.807) is 6.20 Å². The number of rotatable bonds is 4. The molecule has 2 N–H and O–H groups in total. The lowest BCUT2D eigenvalue weighted by Crippen LogP contribution is -2.55. The predicted molar refractivity (Wildman–Crippen MR) is 81.9 cm³/mol. The first-order valence-corrected chi connectivity index (χ1v) is 8.14. The molecule has 0 radical (unpaired) electrons. The van der Waals surface area contributed by atoms with Crippen LogP contribution in [0.25, 0.3) is 0 Å². The summed E-state index contributed by atoms with van der Waals surface area (Å²) in [5.41, 5.74) is -0.225. The second-order valence-electron chi connectivity index (χ2n) is 6.93. The van der Waals surface area contributed by atoms with Gasteiger partial charge in [-0.15, -0.1) is 0 Å². The highest BCUT2D eigenvalue weighted by atomic mass is 16.2. The fraction of sp³-hybridized carbons (Fsp3) is 0.750. The van der Waals surface area contributed by atoms with Gasteiger partial charge in [0.25, 0.3) is 0 Å². The third-order valence-corrected chi connectivity index (χ3v) is 5.28. The average molecular weight is 290 g/mol. The minimum absolute atomic E-state index is 0.140. The Morgan fingerprint density at radius 2 is 2.00 bits per heavy atom. The van der Waals surface area contributed by atoms with Gasteiger partial charge in [-0.25, -0.2) is 0 Å². The van der Waals surface area contributed by atoms with E-state index in [0.717, 1.165) is 32.5 Å². The molecule has 1 aromatic heterocycles. The third-order valence-electron chi connectivity index (χ3n) is 5.28. The molecule has 1 aromatic rings. The second-order valence-corrected chi connectivity index (χ2v) is 6.93. The molecule has 1 amide bonds. The van der Waals surface area contributed by atoms with Crippen LogP contribution < -0.4 is 10.6 Å². The van der Waals surface area contributed by atoms with E-state index in [0.29, 0.717) is 0 Å². The normalized spacial score (nSPS) is 23.9. The molecule has 0 spiro atoms. The van der Waals surface area contributed by atoms with Crippen LogP contribution in [0.2, 0.25) is 0 Å². The molecule has 5 nitrogen and oxygen atoms in total. The van der Waals surface area contributed by atoms with Gasteiger partial charge in [0, 0.05) is 18.9 Å². The van der Waals surface area contributed by atoms with E-state index >= 15 is 0 Å². The summed E-state index contributed by atoms with van der Waals surface area (Å²) in [5.74, 6) is 0.140. The summed E-state index contributed by atoms with van der Waals surface area (Å²) in [5, 5.41) is 10.9. The summed E-state index contributed by atoms with van der Waals surface area (Å²) in [6.45, 7) is 4.82. The fourth-order valence-corrected chi connectivity index (χ4v) is 3.79. The monoisotopic (exact) mass is 290 g/mol. The first-order chi connectivity index (χ1) is 10.1. The first kappa shape index (κ1) is 14.6. The number of hydrogen-bond acceptors (Lipinski definition) is 3. The predicted octanol–water partition coefficient (Wildman–Crippen LogP) is 1.66. The SMILES string of the molecule is CC1(CNC(=O)C2(n3cccn3)CCNCC2)CCCC1. The zero-order chi connectivity index (χ0) is 14.8. The summed E-state index contributed by atoms with van der Waals surface area (Å²) < 4.78 is 1.86. The minimum atomic E-state index is -0.510. The zero-order valence-corrected chi connectivity index (χ0v) is 12.9. The number of hydrogen-bond donors (Lipinski definition) is 2. The standard InChI is InChI=1S/C16H26N4O/c1-15(5-2-3-6-15)13-18-14(21)16(7-10-17-11-8-16)20-12-4-9-19-20/h4,9,12,17H,2-3,5-8,10-11,13H2,1H3,(H,18,21). The van der Waals surface area contributed by atoms with Crippen molar-refractivity contribution in [2.75, 3.05) is 19.6 Å². The molecule has 5 heteroatoms. The van der Waals surface area contributed by atoms with Gasteiger partial charge in [-0.2, -0.15) is 5.10 Å². The third kappa shape index (κ3) is 2.84. The Labute approximate surface area is 126 Å². The van der Waals surface area contributed by atoms with Crippen LogP contribution in [0.5, 0.6) is 0 Å². The molecule has 0 atom stereocenters. The van der Waals surface area contributed by atoms with E-state index < -0.39 is 5.54 Å². The molecule has 1 aliphatic heterocycles. The minimum Gasteiger partial charge on any atom is -0.353 e. The van der Waals surface area contributed by atoms with Gasteiger partial charge in [0.1, 0.15) is 5.54 Å². The summed E-state index contributed by atoms with van der Waals surface area (Å²) in [7, 11) is 0. The van der Waals surface area contributed by atoms with Crippen molar-refractivity contribution in [3.05, 3.63) is 18.5 Å². The molecular formula is C16H26N4O. The summed E-state index contributed by atoms with van der Waals surface area (Å²) in [4.78, 5) is 12.9. The summed E-state index contributed by atoms with van der Waals surface area (Å²) in [6, 6.07) is 1.90. The van der Waals surface area contributed by atoms with Crippen molar-refractivity contribution < 1.29 is 4.79 Å². The topological polar surface area (TPSA) is 59.0 Å². The van der Waals surface area contributed by atoms with Crippen LogP contribution in [0.4, 0.5) is 0 Å². The lowest BCUT2D eigenvalue weighted by atomic mass is 9.85. The molecule has 2 fully saturated rings. The lowest BCUT2D eigenvalue weighted by molar-refractivity contribution is -0.132. The quantitative estimate of drug-likeness (QED) is 0.886. The van der Waals surface area contributed by atoms with Gasteiger partial charge >= 0.3 is 0 Å². The highest BCUT2D eigenvalue weighted by Gasteiger charge is 2.42. The highest BCUT2D eigenvalue weighted by Crippen LogP contribution is 2.37. The number of nitrogens with one attached hydrogen (secondary N) is 2. The van der Waals surface area contributed by atoms with Crippen molar-refractivity contribution in [1.29, 1.82) is 0 Å². The number of amides is 1. The molecule has 1 aliphatic carbocycles. The highest BCUT2D eigenvalue weighted by molar-refractivity contribution is 5.84. The van der Waals surface area contributed by atoms with Gasteiger partial charge in [0.2, 0.25) is 5.91 Å². The Bertz CT molecular complexity index is 470. The van der Waals surface area contributed by atoms with Crippen molar-refractivity contribution in [3.63, 3.8) is 0 Å². The maximum Gasteiger partial charge on any atom is 0.248 e. The number of nitrogens with zero attached hydrogens (tertiary/aromatic N) is 2. The van der Waals surface area contributed by atoms with Crippen LogP contribution >= 0.6 is 0 Å². The van der Waals surface area contributed by atoms with Gasteiger partial charge in [-0.05, 0) is 50.3 Å². The Balaban J connectivity index is 1.72. The van der Waals surface area contributed by atoms with Crippen LogP contribution in [-0.4, -0.2) is 35.3 Å². The van der Waals surface area contributed by atoms with E-state index in [1.165, 1.54) is 25.7 Å². The summed E-state index contributed by atoms with van der Waals surface area (Å²) >= 11 is 0. The van der Waals surface area contributed by atoms with Gasteiger partial charge in [0.05, 0.1) is 0 Å². The number of carbonyl (C=O) groups is 1. The molecule has 2 aliphatic rings. The van der Waals surface area contributed by atoms with Crippen LogP contribution in [0.15, 0.2) is 18.5 Å². The van der Waals surface area contributed by atoms with Gasteiger partial charge in [-0.3, -0.25) is 9.48 Å². The zero-order valence-electron chi connectivity index (χ0n) is 12.9. The van der Waals surface area contributed by atoms with Gasteiger partial charge < -0.3 is 10.6 Å². The van der Waals surface area contributed by atoms with Crippen molar-refractivity contribution in [1.82, 2.24) is 20.4 Å². The maximum atomic E-state index is 12.9. The number of aromatic nitrogens is 2. The molecule has 21 heavy (non-hydrogen) atoms. The van der Waals surface area contributed by atoms with Crippen molar-refractivity contribution in [2.45, 2.75) is 51.0 Å². The first-order valence-electron chi connectivity index (χ1n) is 8.14. The Morgan fingerprint density at radius 3 is 2.62 bits per heavy atom. The van der Waals surface area contributed by atoms with E-state index in [4.69, 9.17) is 0 Å². The smallest absolute Gasteiger partial charge is 0.248 e. The van der Waals surface area contributed by atoms with Crippen molar-refractivity contribution in [2.24, 2.45) is 5.41 Å². The molecule has 1 saturated carbocycles. The average Bonchev–Trinajstić information content (AvgIpc) is 3.18. The van der Waals surface area contributed by atoms with Crippen LogP contribution in [0.1, 0.15) is 45.4 Å². The molecule has 3 rings (SSSR count). The molecule has 0 unspecified atom stereocenters. The second kappa shape index (κ2) is 5.79. The van der Waals surface area contributed by atoms with E-state index in [1.807, 2.05) is 16.9 Å². The molecule has 1 saturated heterocycles. The van der Waals surface area contributed by atoms with E-state index in [2.05, 4.69) is 22.7 Å². The van der Waals surface area contributed by atoms with Crippen LogP contribution in [0.3, 0.4) is 0 Å². The van der Waals surface area contributed by atoms with Crippen LogP contribution in [0, 0.1) is 5.41 Å². The number of carbonyl (C=O) groups excluding carboxylic acids is 1. The lowest BCUT2D eigenvalue weighted by Gasteiger charge is -2.37. The number of piperidine rings is 1. The summed E-state index contributed by atoms with van der Waals surface area (Å²) in [6.07, 6.45) is 10.3. The van der Waals surface area contributed by atoms with Crippen molar-refractivity contribution in [3.8, 4) is 0 Å². The van der Waals surface area contributed by atoms with E-state index in [-0.39, 0.29) is 11.3 Å². The van der Waals surface area contributed by atoms with Gasteiger partial charge in [0.15, 0.2) is 0 Å². The maximum absolute atomic E-state index is 12.9. The molecule has 116 valence electrons.